The van der Waals surface area contributed by atoms with Crippen molar-refractivity contribution in [3.63, 3.8) is 0 Å². The van der Waals surface area contributed by atoms with Crippen LogP contribution in [0.5, 0.6) is 0 Å². The molecule has 1 fully saturated rings. The lowest BCUT2D eigenvalue weighted by Crippen LogP contribution is -2.45. The molecule has 6 nitrogen and oxygen atoms in total. The van der Waals surface area contributed by atoms with Gasteiger partial charge in [0.25, 0.3) is 10.0 Å². The van der Waals surface area contributed by atoms with Gasteiger partial charge in [0.05, 0.1) is 3.79 Å². The van der Waals surface area contributed by atoms with Gasteiger partial charge < -0.3 is 9.64 Å². The Labute approximate surface area is 156 Å². The fourth-order valence-electron chi connectivity index (χ4n) is 2.57. The van der Waals surface area contributed by atoms with Crippen molar-refractivity contribution in [2.45, 2.75) is 49.5 Å². The molecule has 9 heteroatoms. The molecule has 0 spiro atoms. The summed E-state index contributed by atoms with van der Waals surface area (Å²) < 4.78 is 33.0. The van der Waals surface area contributed by atoms with Crippen molar-refractivity contribution in [3.05, 3.63) is 15.9 Å². The normalized spacial score (nSPS) is 19.1. The van der Waals surface area contributed by atoms with E-state index in [4.69, 9.17) is 4.74 Å². The highest BCUT2D eigenvalue weighted by Crippen LogP contribution is 2.29. The number of amides is 1. The van der Waals surface area contributed by atoms with Gasteiger partial charge in [0.15, 0.2) is 0 Å². The van der Waals surface area contributed by atoms with Gasteiger partial charge in [-0.2, -0.15) is 4.31 Å². The molecular weight excluding hydrogens is 416 g/mol. The van der Waals surface area contributed by atoms with Gasteiger partial charge in [-0.05, 0) is 61.7 Å². The summed E-state index contributed by atoms with van der Waals surface area (Å²) in [6, 6.07) is 3.14. The Morgan fingerprint density at radius 2 is 2.12 bits per heavy atom. The first-order valence-corrected chi connectivity index (χ1v) is 10.8. The zero-order valence-electron chi connectivity index (χ0n) is 14.3. The van der Waals surface area contributed by atoms with Gasteiger partial charge in [0.2, 0.25) is 0 Å². The first-order valence-electron chi connectivity index (χ1n) is 7.72. The number of ether oxygens (including phenoxy) is 1. The van der Waals surface area contributed by atoms with Crippen LogP contribution < -0.4 is 0 Å². The lowest BCUT2D eigenvalue weighted by molar-refractivity contribution is 0.0216. The third-order valence-electron chi connectivity index (χ3n) is 3.69. The van der Waals surface area contributed by atoms with Crippen LogP contribution in [0, 0.1) is 0 Å². The van der Waals surface area contributed by atoms with E-state index in [9.17, 15) is 13.2 Å². The summed E-state index contributed by atoms with van der Waals surface area (Å²) in [5.41, 5.74) is -0.564. The summed E-state index contributed by atoms with van der Waals surface area (Å²) in [7, 11) is -2.00. The first kappa shape index (κ1) is 19.7. The highest BCUT2D eigenvalue weighted by Gasteiger charge is 2.35. The molecule has 0 aromatic carbocycles. The van der Waals surface area contributed by atoms with E-state index >= 15 is 0 Å². The van der Waals surface area contributed by atoms with Gasteiger partial charge >= 0.3 is 6.09 Å². The fraction of sp³-hybridized carbons (Fsp3) is 0.667. The lowest BCUT2D eigenvalue weighted by atomic mass is 10.2. The van der Waals surface area contributed by atoms with E-state index in [1.54, 1.807) is 24.1 Å². The molecule has 2 rings (SSSR count). The standard InChI is InChI=1S/C15H23BrN2O4S2/c1-15(2,3)22-14(19)18-9-5-6-11(18)10-17(4)24(20,21)13-8-7-12(16)23-13/h7-8,11H,5-6,9-10H2,1-4H3/t11-/m0/s1. The highest BCUT2D eigenvalue weighted by atomic mass is 79.9. The molecule has 0 bridgehead atoms. The predicted molar refractivity (Wildman–Crippen MR) is 97.8 cm³/mol. The van der Waals surface area contributed by atoms with Gasteiger partial charge in [-0.3, -0.25) is 0 Å². The number of hydrogen-bond donors (Lipinski definition) is 0. The average Bonchev–Trinajstić information content (AvgIpc) is 3.05. The molecule has 0 unspecified atom stereocenters. The minimum atomic E-state index is -3.55. The maximum atomic E-state index is 12.6. The van der Waals surface area contributed by atoms with Crippen LogP contribution in [0.3, 0.4) is 0 Å². The molecule has 0 N–H and O–H groups in total. The van der Waals surface area contributed by atoms with E-state index in [1.807, 2.05) is 20.8 Å². The molecule has 1 saturated heterocycles. The summed E-state index contributed by atoms with van der Waals surface area (Å²) in [4.78, 5) is 13.9. The summed E-state index contributed by atoms with van der Waals surface area (Å²) in [6.07, 6.45) is 1.24. The second-order valence-electron chi connectivity index (χ2n) is 6.81. The van der Waals surface area contributed by atoms with Crippen molar-refractivity contribution in [2.24, 2.45) is 0 Å². The zero-order chi connectivity index (χ0) is 18.1. The third kappa shape index (κ3) is 4.71. The number of thiophene rings is 1. The summed E-state index contributed by atoms with van der Waals surface area (Å²) in [5, 5.41) is 0. The van der Waals surface area contributed by atoms with Crippen LogP contribution in [0.4, 0.5) is 4.79 Å². The average molecular weight is 439 g/mol. The van der Waals surface area contributed by atoms with Crippen molar-refractivity contribution in [2.75, 3.05) is 20.1 Å². The number of rotatable bonds is 4. The highest BCUT2D eigenvalue weighted by molar-refractivity contribution is 9.11. The number of carbonyl (C=O) groups is 1. The Kier molecular flexibility index (Phi) is 5.99. The molecular formula is C15H23BrN2O4S2. The molecule has 24 heavy (non-hydrogen) atoms. The monoisotopic (exact) mass is 438 g/mol. The van der Waals surface area contributed by atoms with Crippen LogP contribution >= 0.6 is 27.3 Å². The Morgan fingerprint density at radius 1 is 1.46 bits per heavy atom. The maximum Gasteiger partial charge on any atom is 0.410 e. The second kappa shape index (κ2) is 7.31. The molecule has 1 aromatic rings. The summed E-state index contributed by atoms with van der Waals surface area (Å²) >= 11 is 4.46. The Bertz CT molecular complexity index is 697. The molecule has 1 aliphatic heterocycles. The number of halogens is 1. The van der Waals surface area contributed by atoms with Crippen LogP contribution in [0.1, 0.15) is 33.6 Å². The van der Waals surface area contributed by atoms with Crippen LogP contribution in [0.2, 0.25) is 0 Å². The number of likely N-dealkylation sites (N-methyl/N-ethyl adjacent to an activating group) is 1. The number of hydrogen-bond acceptors (Lipinski definition) is 5. The molecule has 136 valence electrons. The lowest BCUT2D eigenvalue weighted by Gasteiger charge is -2.30. The minimum Gasteiger partial charge on any atom is -0.444 e. The molecule has 0 saturated carbocycles. The third-order valence-corrected chi connectivity index (χ3v) is 7.60. The minimum absolute atomic E-state index is 0.164. The number of sulfonamides is 1. The van der Waals surface area contributed by atoms with Crippen LogP contribution in [-0.2, 0) is 14.8 Å². The van der Waals surface area contributed by atoms with E-state index in [0.717, 1.165) is 16.6 Å². The molecule has 2 heterocycles. The SMILES string of the molecule is CN(C[C@@H]1CCCN1C(=O)OC(C)(C)C)S(=O)(=O)c1ccc(Br)s1. The van der Waals surface area contributed by atoms with Crippen molar-refractivity contribution in [1.29, 1.82) is 0 Å². The summed E-state index contributed by atoms with van der Waals surface area (Å²) in [6.45, 7) is 6.32. The Morgan fingerprint density at radius 3 is 2.67 bits per heavy atom. The first-order chi connectivity index (χ1) is 11.0. The number of likely N-dealkylation sites (tertiary alicyclic amines) is 1. The van der Waals surface area contributed by atoms with Crippen LogP contribution in [0.15, 0.2) is 20.1 Å². The second-order valence-corrected chi connectivity index (χ2v) is 11.5. The molecule has 1 aliphatic rings. The van der Waals surface area contributed by atoms with Crippen LogP contribution in [-0.4, -0.2) is 55.5 Å². The molecule has 1 aromatic heterocycles. The van der Waals surface area contributed by atoms with Gasteiger partial charge in [-0.25, -0.2) is 13.2 Å². The van der Waals surface area contributed by atoms with Gasteiger partial charge in [-0.1, -0.05) is 0 Å². The van der Waals surface area contributed by atoms with Gasteiger partial charge in [0.1, 0.15) is 9.81 Å². The van der Waals surface area contributed by atoms with E-state index < -0.39 is 15.6 Å². The van der Waals surface area contributed by atoms with Crippen molar-refractivity contribution in [1.82, 2.24) is 9.21 Å². The fourth-order valence-corrected chi connectivity index (χ4v) is 6.00. The number of nitrogens with zero attached hydrogens (tertiary/aromatic N) is 2. The Hall–Kier alpha value is -0.640. The van der Waals surface area contributed by atoms with Crippen LogP contribution in [0.25, 0.3) is 0 Å². The summed E-state index contributed by atoms with van der Waals surface area (Å²) in [5.74, 6) is 0. The predicted octanol–water partition coefficient (Wildman–Crippen LogP) is 3.53. The maximum absolute atomic E-state index is 12.6. The van der Waals surface area contributed by atoms with Crippen molar-refractivity contribution < 1.29 is 17.9 Å². The van der Waals surface area contributed by atoms with Gasteiger partial charge in [-0.15, -0.1) is 11.3 Å². The van der Waals surface area contributed by atoms with Crippen molar-refractivity contribution >= 4 is 43.4 Å². The van der Waals surface area contributed by atoms with Crippen molar-refractivity contribution in [3.8, 4) is 0 Å². The molecule has 1 atom stereocenters. The zero-order valence-corrected chi connectivity index (χ0v) is 17.5. The largest absolute Gasteiger partial charge is 0.444 e. The number of carbonyl (C=O) groups excluding carboxylic acids is 1. The van der Waals surface area contributed by atoms with Gasteiger partial charge in [0, 0.05) is 26.2 Å². The quantitative estimate of drug-likeness (QED) is 0.720. The van der Waals surface area contributed by atoms with E-state index in [0.29, 0.717) is 10.8 Å². The molecule has 0 aliphatic carbocycles. The van der Waals surface area contributed by atoms with E-state index in [-0.39, 0.29) is 18.7 Å². The molecule has 1 amide bonds. The van der Waals surface area contributed by atoms with E-state index in [2.05, 4.69) is 15.9 Å². The topological polar surface area (TPSA) is 66.9 Å². The molecule has 0 radical (unpaired) electrons. The smallest absolute Gasteiger partial charge is 0.410 e. The Balaban J connectivity index is 2.07. The van der Waals surface area contributed by atoms with E-state index in [1.165, 1.54) is 15.6 Å².